The maximum absolute atomic E-state index is 11.8. The van der Waals surface area contributed by atoms with Crippen molar-refractivity contribution >= 4 is 35.9 Å². The van der Waals surface area contributed by atoms with Crippen LogP contribution in [0, 0.1) is 11.3 Å². The molecule has 2 fully saturated rings. The Morgan fingerprint density at radius 3 is 2.21 bits per heavy atom. The average molecular weight is 426 g/mol. The van der Waals surface area contributed by atoms with E-state index in [2.05, 4.69) is 9.80 Å². The number of anilines is 1. The zero-order valence-electron chi connectivity index (χ0n) is 16.2. The number of hydrogen-bond acceptors (Lipinski definition) is 6. The molecule has 2 heterocycles. The van der Waals surface area contributed by atoms with Gasteiger partial charge in [0.2, 0.25) is 0 Å². The molecule has 0 spiro atoms. The van der Waals surface area contributed by atoms with Gasteiger partial charge in [0.15, 0.2) is 0 Å². The summed E-state index contributed by atoms with van der Waals surface area (Å²) in [5.74, 6) is -2.33. The summed E-state index contributed by atoms with van der Waals surface area (Å²) in [4.78, 5) is 29.1. The van der Waals surface area contributed by atoms with Crippen LogP contribution in [0.4, 0.5) is 5.69 Å². The van der Waals surface area contributed by atoms with E-state index < -0.39 is 17.9 Å². The summed E-state index contributed by atoms with van der Waals surface area (Å²) < 4.78 is 0. The van der Waals surface area contributed by atoms with Crippen molar-refractivity contribution in [2.75, 3.05) is 44.2 Å². The summed E-state index contributed by atoms with van der Waals surface area (Å²) in [5.41, 5.74) is 7.21. The molecule has 0 aliphatic carbocycles. The van der Waals surface area contributed by atoms with E-state index in [4.69, 9.17) is 11.1 Å². The number of benzene rings is 1. The number of rotatable bonds is 6. The molecule has 9 nitrogen and oxygen atoms in total. The largest absolute Gasteiger partial charge is 0.481 e. The second-order valence-corrected chi connectivity index (χ2v) is 7.35. The van der Waals surface area contributed by atoms with Gasteiger partial charge in [-0.25, -0.2) is 0 Å². The van der Waals surface area contributed by atoms with Crippen molar-refractivity contribution in [3.63, 3.8) is 0 Å². The molecule has 1 aromatic carbocycles. The van der Waals surface area contributed by atoms with Crippen LogP contribution >= 0.6 is 12.4 Å². The number of halogens is 1. The van der Waals surface area contributed by atoms with Crippen molar-refractivity contribution in [2.24, 2.45) is 11.7 Å². The minimum atomic E-state index is -0.930. The highest BCUT2D eigenvalue weighted by Gasteiger charge is 2.41. The van der Waals surface area contributed by atoms with Gasteiger partial charge in [0, 0.05) is 44.0 Å². The molecule has 3 rings (SSSR count). The van der Waals surface area contributed by atoms with Gasteiger partial charge in [-0.1, -0.05) is 0 Å². The minimum Gasteiger partial charge on any atom is -0.481 e. The fourth-order valence-electron chi connectivity index (χ4n) is 4.23. The zero-order chi connectivity index (χ0) is 20.3. The van der Waals surface area contributed by atoms with Gasteiger partial charge in [-0.05, 0) is 37.1 Å². The predicted octanol–water partition coefficient (Wildman–Crippen LogP) is 0.722. The van der Waals surface area contributed by atoms with E-state index in [0.29, 0.717) is 38.0 Å². The second-order valence-electron chi connectivity index (χ2n) is 7.35. The van der Waals surface area contributed by atoms with Crippen LogP contribution in [-0.2, 0) is 9.59 Å². The Balaban J connectivity index is 0.00000300. The fourth-order valence-corrected chi connectivity index (χ4v) is 4.23. The molecule has 2 unspecified atom stereocenters. The maximum atomic E-state index is 11.8. The number of nitrogens with one attached hydrogen (secondary N) is 1. The molecule has 2 aliphatic heterocycles. The number of piperidine rings is 1. The van der Waals surface area contributed by atoms with Crippen LogP contribution in [0.3, 0.4) is 0 Å². The summed E-state index contributed by atoms with van der Waals surface area (Å²) in [6.07, 6.45) is 0.885. The third kappa shape index (κ3) is 5.37. The summed E-state index contributed by atoms with van der Waals surface area (Å²) in [7, 11) is 0. The Hall–Kier alpha value is -2.36. The number of nitrogens with zero attached hydrogens (tertiary/aromatic N) is 3. The van der Waals surface area contributed by atoms with Gasteiger partial charge >= 0.3 is 11.9 Å². The smallest absolute Gasteiger partial charge is 0.317 e. The van der Waals surface area contributed by atoms with Gasteiger partial charge in [-0.2, -0.15) is 0 Å². The highest BCUT2D eigenvalue weighted by atomic mass is 35.5. The molecule has 0 saturated carbocycles. The Labute approximate surface area is 176 Å². The van der Waals surface area contributed by atoms with E-state index in [0.717, 1.165) is 18.8 Å². The van der Waals surface area contributed by atoms with Crippen LogP contribution < -0.4 is 10.6 Å². The monoisotopic (exact) mass is 425 g/mol. The van der Waals surface area contributed by atoms with Crippen LogP contribution in [0.1, 0.15) is 18.4 Å². The van der Waals surface area contributed by atoms with Crippen molar-refractivity contribution < 1.29 is 19.8 Å². The highest BCUT2D eigenvalue weighted by Crippen LogP contribution is 2.28. The normalized spacial score (nSPS) is 23.2. The molecular formula is C19H28ClN5O4. The van der Waals surface area contributed by atoms with Crippen LogP contribution in [-0.4, -0.2) is 83.2 Å². The number of carbonyl (C=O) groups is 2. The predicted molar refractivity (Wildman–Crippen MR) is 112 cm³/mol. The number of carboxylic acid groups (broad SMARTS) is 2. The number of nitrogens with two attached hydrogens (primary N) is 1. The first kappa shape index (κ1) is 22.9. The van der Waals surface area contributed by atoms with Crippen molar-refractivity contribution in [1.82, 2.24) is 9.80 Å². The second kappa shape index (κ2) is 9.91. The van der Waals surface area contributed by atoms with Crippen LogP contribution in [0.25, 0.3) is 0 Å². The van der Waals surface area contributed by atoms with Gasteiger partial charge in [0.1, 0.15) is 5.84 Å². The number of carboxylic acids is 2. The number of amidine groups is 1. The molecule has 2 saturated heterocycles. The third-order valence-electron chi connectivity index (χ3n) is 5.58. The molecule has 10 heteroatoms. The molecule has 0 radical (unpaired) electrons. The van der Waals surface area contributed by atoms with Crippen LogP contribution in [0.5, 0.6) is 0 Å². The number of likely N-dealkylation sites (tertiary alicyclic amines) is 1. The summed E-state index contributed by atoms with van der Waals surface area (Å²) in [6, 6.07) is 7.51. The first-order valence-corrected chi connectivity index (χ1v) is 9.49. The first-order valence-electron chi connectivity index (χ1n) is 9.49. The zero-order valence-corrected chi connectivity index (χ0v) is 17.0. The van der Waals surface area contributed by atoms with E-state index >= 15 is 0 Å². The SMILES string of the molecule is Cl.N=C(N)c1ccc(N2CCN(C3C(C(=O)O)CCCN3CC(=O)O)CC2)cc1. The molecule has 1 aromatic rings. The van der Waals surface area contributed by atoms with Crippen molar-refractivity contribution in [1.29, 1.82) is 5.41 Å². The van der Waals surface area contributed by atoms with E-state index in [-0.39, 0.29) is 31.0 Å². The number of hydrogen-bond donors (Lipinski definition) is 4. The highest BCUT2D eigenvalue weighted by molar-refractivity contribution is 5.95. The average Bonchev–Trinajstić information content (AvgIpc) is 2.67. The molecule has 5 N–H and O–H groups in total. The first-order chi connectivity index (χ1) is 13.4. The standard InChI is InChI=1S/C19H27N5O4.ClH/c20-17(21)13-3-5-14(6-4-13)22-8-10-23(11-9-22)18-15(19(27)28)2-1-7-24(18)12-16(25)26;/h3-6,15,18H,1-2,7-12H2,(H3,20,21)(H,25,26)(H,27,28);1H. The molecule has 2 aliphatic rings. The molecule has 2 atom stereocenters. The van der Waals surface area contributed by atoms with Crippen molar-refractivity contribution in [3.05, 3.63) is 29.8 Å². The van der Waals surface area contributed by atoms with Crippen molar-refractivity contribution in [2.45, 2.75) is 19.0 Å². The maximum Gasteiger partial charge on any atom is 0.317 e. The molecule has 160 valence electrons. The van der Waals surface area contributed by atoms with Gasteiger partial charge in [-0.3, -0.25) is 24.8 Å². The van der Waals surface area contributed by atoms with E-state index in [1.165, 1.54) is 0 Å². The third-order valence-corrected chi connectivity index (χ3v) is 5.58. The van der Waals surface area contributed by atoms with Gasteiger partial charge < -0.3 is 20.8 Å². The number of nitrogen functional groups attached to an aromatic ring is 1. The van der Waals surface area contributed by atoms with Crippen LogP contribution in [0.2, 0.25) is 0 Å². The Kier molecular flexibility index (Phi) is 7.83. The summed E-state index contributed by atoms with van der Waals surface area (Å²) in [6.45, 7) is 3.25. The van der Waals surface area contributed by atoms with E-state index in [1.54, 1.807) is 4.90 Å². The van der Waals surface area contributed by atoms with Crippen LogP contribution in [0.15, 0.2) is 24.3 Å². The minimum absolute atomic E-state index is 0. The lowest BCUT2D eigenvalue weighted by Gasteiger charge is -2.48. The lowest BCUT2D eigenvalue weighted by molar-refractivity contribution is -0.155. The van der Waals surface area contributed by atoms with E-state index in [9.17, 15) is 19.8 Å². The molecule has 0 amide bonds. The molecule has 0 aromatic heterocycles. The van der Waals surface area contributed by atoms with Gasteiger partial charge in [-0.15, -0.1) is 12.4 Å². The fraction of sp³-hybridized carbons (Fsp3) is 0.526. The Bertz CT molecular complexity index is 737. The lowest BCUT2D eigenvalue weighted by atomic mass is 9.92. The van der Waals surface area contributed by atoms with Gasteiger partial charge in [0.25, 0.3) is 0 Å². The Morgan fingerprint density at radius 1 is 1.07 bits per heavy atom. The summed E-state index contributed by atoms with van der Waals surface area (Å²) in [5, 5.41) is 26.3. The van der Waals surface area contributed by atoms with Gasteiger partial charge in [0.05, 0.1) is 18.6 Å². The topological polar surface area (TPSA) is 134 Å². The summed E-state index contributed by atoms with van der Waals surface area (Å²) >= 11 is 0. The van der Waals surface area contributed by atoms with Crippen molar-refractivity contribution in [3.8, 4) is 0 Å². The molecule has 0 bridgehead atoms. The number of piperazine rings is 1. The molecule has 29 heavy (non-hydrogen) atoms. The quantitative estimate of drug-likeness (QED) is 0.387. The molecular weight excluding hydrogens is 398 g/mol. The number of aliphatic carboxylic acids is 2. The Morgan fingerprint density at radius 2 is 1.69 bits per heavy atom. The van der Waals surface area contributed by atoms with E-state index in [1.807, 2.05) is 24.3 Å². The lowest BCUT2D eigenvalue weighted by Crippen LogP contribution is -2.62.